The number of nitrogens with zero attached hydrogens (tertiary/aromatic N) is 1. The van der Waals surface area contributed by atoms with Crippen molar-refractivity contribution in [3.05, 3.63) is 64.1 Å². The molecule has 1 aliphatic heterocycles. The van der Waals surface area contributed by atoms with Crippen molar-refractivity contribution in [3.8, 4) is 5.75 Å². The maximum atomic E-state index is 12.4. The van der Waals surface area contributed by atoms with Crippen molar-refractivity contribution in [2.45, 2.75) is 12.0 Å². The molecule has 0 unspecified atom stereocenters. The lowest BCUT2D eigenvalue weighted by Crippen LogP contribution is -2.35. The van der Waals surface area contributed by atoms with Crippen LogP contribution in [-0.2, 0) is 4.79 Å². The van der Waals surface area contributed by atoms with Crippen LogP contribution in [0.5, 0.6) is 5.75 Å². The molecule has 1 saturated heterocycles. The summed E-state index contributed by atoms with van der Waals surface area (Å²) >= 11 is 12.1. The lowest BCUT2D eigenvalue weighted by Gasteiger charge is -2.17. The molecule has 1 fully saturated rings. The van der Waals surface area contributed by atoms with Gasteiger partial charge < -0.3 is 15.4 Å². The number of rotatable bonds is 4. The molecule has 2 aromatic carbocycles. The number of nitrogens with two attached hydrogens (primary N) is 1. The van der Waals surface area contributed by atoms with Crippen LogP contribution in [0.25, 0.3) is 0 Å². The standard InChI is InChI=1S/C18H18Cl2N2O2/c19-14-7-4-8-15(20)18(14)24-11-17(23)22-9-13(16(21)10-22)12-5-2-1-3-6-12/h1-8,13,16H,9-11,21H2/t13-,16+/m0/s1. The lowest BCUT2D eigenvalue weighted by atomic mass is 9.95. The van der Waals surface area contributed by atoms with Gasteiger partial charge in [-0.2, -0.15) is 0 Å². The predicted molar refractivity (Wildman–Crippen MR) is 95.7 cm³/mol. The summed E-state index contributed by atoms with van der Waals surface area (Å²) in [5.41, 5.74) is 7.37. The third-order valence-corrected chi connectivity index (χ3v) is 4.80. The number of carbonyl (C=O) groups excluding carboxylic acids is 1. The fourth-order valence-corrected chi connectivity index (χ4v) is 3.44. The van der Waals surface area contributed by atoms with E-state index in [1.165, 1.54) is 0 Å². The van der Waals surface area contributed by atoms with Crippen LogP contribution in [0.3, 0.4) is 0 Å². The number of hydrogen-bond donors (Lipinski definition) is 1. The molecule has 4 nitrogen and oxygen atoms in total. The van der Waals surface area contributed by atoms with Gasteiger partial charge in [0, 0.05) is 25.0 Å². The Balaban J connectivity index is 1.62. The highest BCUT2D eigenvalue weighted by Crippen LogP contribution is 2.32. The van der Waals surface area contributed by atoms with E-state index in [0.29, 0.717) is 28.9 Å². The average Bonchev–Trinajstić information content (AvgIpc) is 2.97. The van der Waals surface area contributed by atoms with E-state index in [-0.39, 0.29) is 24.5 Å². The molecule has 6 heteroatoms. The smallest absolute Gasteiger partial charge is 0.260 e. The van der Waals surface area contributed by atoms with Gasteiger partial charge in [-0.25, -0.2) is 0 Å². The normalized spacial score (nSPS) is 20.2. The van der Waals surface area contributed by atoms with E-state index in [1.807, 2.05) is 30.3 Å². The number of hydrogen-bond acceptors (Lipinski definition) is 3. The molecule has 3 rings (SSSR count). The number of amides is 1. The molecule has 0 aliphatic carbocycles. The van der Waals surface area contributed by atoms with Gasteiger partial charge in [-0.05, 0) is 17.7 Å². The highest BCUT2D eigenvalue weighted by Gasteiger charge is 2.33. The number of halogens is 2. The molecule has 24 heavy (non-hydrogen) atoms. The van der Waals surface area contributed by atoms with Gasteiger partial charge in [0.2, 0.25) is 0 Å². The molecule has 2 aromatic rings. The van der Waals surface area contributed by atoms with E-state index in [4.69, 9.17) is 33.7 Å². The van der Waals surface area contributed by atoms with Gasteiger partial charge in [0.1, 0.15) is 0 Å². The van der Waals surface area contributed by atoms with Gasteiger partial charge in [0.15, 0.2) is 12.4 Å². The maximum Gasteiger partial charge on any atom is 0.260 e. The van der Waals surface area contributed by atoms with E-state index < -0.39 is 0 Å². The quantitative estimate of drug-likeness (QED) is 0.904. The first-order valence-electron chi connectivity index (χ1n) is 7.71. The van der Waals surface area contributed by atoms with Crippen LogP contribution in [0.4, 0.5) is 0 Å². The lowest BCUT2D eigenvalue weighted by molar-refractivity contribution is -0.132. The van der Waals surface area contributed by atoms with Crippen LogP contribution in [0.1, 0.15) is 11.5 Å². The molecule has 1 aliphatic rings. The van der Waals surface area contributed by atoms with Gasteiger partial charge >= 0.3 is 0 Å². The maximum absolute atomic E-state index is 12.4. The average molecular weight is 365 g/mol. The van der Waals surface area contributed by atoms with Crippen molar-refractivity contribution in [1.82, 2.24) is 4.90 Å². The Morgan fingerprint density at radius 3 is 2.42 bits per heavy atom. The SMILES string of the molecule is N[C@@H]1CN(C(=O)COc2c(Cl)cccc2Cl)C[C@H]1c1ccccc1. The summed E-state index contributed by atoms with van der Waals surface area (Å²) in [5.74, 6) is 0.344. The fraction of sp³-hybridized carbons (Fsp3) is 0.278. The van der Waals surface area contributed by atoms with Gasteiger partial charge in [-0.15, -0.1) is 0 Å². The zero-order valence-electron chi connectivity index (χ0n) is 13.0. The summed E-state index contributed by atoms with van der Waals surface area (Å²) in [4.78, 5) is 14.2. The van der Waals surface area contributed by atoms with Crippen molar-refractivity contribution < 1.29 is 9.53 Å². The van der Waals surface area contributed by atoms with Crippen molar-refractivity contribution in [1.29, 1.82) is 0 Å². The first kappa shape index (κ1) is 17.1. The van der Waals surface area contributed by atoms with Gasteiger partial charge in [0.05, 0.1) is 10.0 Å². The third-order valence-electron chi connectivity index (χ3n) is 4.20. The number of benzene rings is 2. The predicted octanol–water partition coefficient (Wildman–Crippen LogP) is 3.33. The van der Waals surface area contributed by atoms with Gasteiger partial charge in [-0.3, -0.25) is 4.79 Å². The topological polar surface area (TPSA) is 55.6 Å². The number of likely N-dealkylation sites (tertiary alicyclic amines) is 1. The minimum Gasteiger partial charge on any atom is -0.481 e. The van der Waals surface area contributed by atoms with Crippen molar-refractivity contribution in [2.24, 2.45) is 5.73 Å². The van der Waals surface area contributed by atoms with E-state index in [9.17, 15) is 4.79 Å². The second kappa shape index (κ2) is 7.43. The molecule has 126 valence electrons. The minimum atomic E-state index is -0.125. The van der Waals surface area contributed by atoms with Crippen LogP contribution in [0.2, 0.25) is 10.0 Å². The van der Waals surface area contributed by atoms with E-state index in [0.717, 1.165) is 5.56 Å². The summed E-state index contributed by atoms with van der Waals surface area (Å²) in [6.07, 6.45) is 0. The molecular formula is C18H18Cl2N2O2. The molecule has 0 radical (unpaired) electrons. The Hall–Kier alpha value is -1.75. The molecule has 2 atom stereocenters. The first-order chi connectivity index (χ1) is 11.6. The second-order valence-electron chi connectivity index (χ2n) is 5.82. The Morgan fingerprint density at radius 1 is 1.08 bits per heavy atom. The fourth-order valence-electron chi connectivity index (χ4n) is 2.93. The first-order valence-corrected chi connectivity index (χ1v) is 8.47. The summed E-state index contributed by atoms with van der Waals surface area (Å²) in [6, 6.07) is 15.0. The number of carbonyl (C=O) groups is 1. The molecular weight excluding hydrogens is 347 g/mol. The molecule has 0 aromatic heterocycles. The Labute approximate surface area is 151 Å². The van der Waals surface area contributed by atoms with Crippen molar-refractivity contribution in [3.63, 3.8) is 0 Å². The van der Waals surface area contributed by atoms with Crippen LogP contribution < -0.4 is 10.5 Å². The minimum absolute atomic E-state index is 0.0831. The summed E-state index contributed by atoms with van der Waals surface area (Å²) in [5, 5.41) is 0.770. The molecule has 0 spiro atoms. The van der Waals surface area contributed by atoms with Crippen LogP contribution in [-0.4, -0.2) is 36.5 Å². The second-order valence-corrected chi connectivity index (χ2v) is 6.63. The van der Waals surface area contributed by atoms with E-state index in [1.54, 1.807) is 23.1 Å². The van der Waals surface area contributed by atoms with Crippen LogP contribution in [0.15, 0.2) is 48.5 Å². The largest absolute Gasteiger partial charge is 0.481 e. The van der Waals surface area contributed by atoms with E-state index in [2.05, 4.69) is 0 Å². The third kappa shape index (κ3) is 3.66. The number of ether oxygens (including phenoxy) is 1. The zero-order chi connectivity index (χ0) is 17.1. The summed E-state index contributed by atoms with van der Waals surface area (Å²) < 4.78 is 5.52. The van der Waals surface area contributed by atoms with Gasteiger partial charge in [-0.1, -0.05) is 59.6 Å². The van der Waals surface area contributed by atoms with Gasteiger partial charge in [0.25, 0.3) is 5.91 Å². The molecule has 2 N–H and O–H groups in total. The molecule has 0 saturated carbocycles. The summed E-state index contributed by atoms with van der Waals surface area (Å²) in [7, 11) is 0. The molecule has 1 amide bonds. The zero-order valence-corrected chi connectivity index (χ0v) is 14.5. The van der Waals surface area contributed by atoms with Crippen molar-refractivity contribution in [2.75, 3.05) is 19.7 Å². The Kier molecular flexibility index (Phi) is 5.29. The Morgan fingerprint density at radius 2 is 1.75 bits per heavy atom. The number of para-hydroxylation sites is 1. The van der Waals surface area contributed by atoms with E-state index >= 15 is 0 Å². The van der Waals surface area contributed by atoms with Crippen molar-refractivity contribution >= 4 is 29.1 Å². The van der Waals surface area contributed by atoms with Crippen LogP contribution in [0, 0.1) is 0 Å². The highest BCUT2D eigenvalue weighted by atomic mass is 35.5. The highest BCUT2D eigenvalue weighted by molar-refractivity contribution is 6.37. The Bertz CT molecular complexity index is 704. The summed E-state index contributed by atoms with van der Waals surface area (Å²) in [6.45, 7) is 0.985. The van der Waals surface area contributed by atoms with Crippen LogP contribution >= 0.6 is 23.2 Å². The monoisotopic (exact) mass is 364 g/mol. The molecule has 1 heterocycles. The molecule has 0 bridgehead atoms.